The average Bonchev–Trinajstić information content (AvgIpc) is 2.91. The summed E-state index contributed by atoms with van der Waals surface area (Å²) in [4.78, 5) is 24.5. The van der Waals surface area contributed by atoms with Crippen molar-refractivity contribution in [2.45, 2.75) is 13.5 Å². The van der Waals surface area contributed by atoms with Gasteiger partial charge in [-0.3, -0.25) is 9.59 Å². The molecule has 0 saturated carbocycles. The van der Waals surface area contributed by atoms with Crippen LogP contribution < -0.4 is 29.7 Å². The molecule has 0 saturated heterocycles. The maximum Gasteiger partial charge on any atom is 0.259 e. The number of halogens is 1. The molecule has 0 aromatic heterocycles. The number of hydrogen-bond acceptors (Lipinski definition) is 7. The van der Waals surface area contributed by atoms with Crippen molar-refractivity contribution in [2.24, 2.45) is 5.10 Å². The Morgan fingerprint density at radius 2 is 1.62 bits per heavy atom. The number of ether oxygens (including phenoxy) is 4. The lowest BCUT2D eigenvalue weighted by atomic mass is 10.2. The number of nitrogens with zero attached hydrogens (tertiary/aromatic N) is 1. The minimum atomic E-state index is -0.492. The number of benzene rings is 3. The van der Waals surface area contributed by atoms with Crippen LogP contribution in [0.5, 0.6) is 23.0 Å². The van der Waals surface area contributed by atoms with Crippen molar-refractivity contribution >= 4 is 34.0 Å². The van der Waals surface area contributed by atoms with E-state index in [-0.39, 0.29) is 6.54 Å². The van der Waals surface area contributed by atoms with Crippen molar-refractivity contribution in [1.82, 2.24) is 10.7 Å². The number of methoxy groups -OCH3 is 3. The van der Waals surface area contributed by atoms with Gasteiger partial charge in [-0.15, -0.1) is 0 Å². The molecule has 2 N–H and O–H groups in total. The third kappa shape index (κ3) is 7.71. The highest BCUT2D eigenvalue weighted by Crippen LogP contribution is 2.37. The summed E-state index contributed by atoms with van der Waals surface area (Å²) in [5, 5.41) is 6.50. The van der Waals surface area contributed by atoms with Gasteiger partial charge in [0.25, 0.3) is 11.8 Å². The molecule has 0 aliphatic carbocycles. The number of carbonyl (C=O) groups excluding carboxylic acids is 2. The van der Waals surface area contributed by atoms with Gasteiger partial charge in [0.15, 0.2) is 23.0 Å². The molecule has 0 aliphatic rings. The smallest absolute Gasteiger partial charge is 0.259 e. The first kappa shape index (κ1) is 27.5. The van der Waals surface area contributed by atoms with Crippen molar-refractivity contribution in [2.75, 3.05) is 27.9 Å². The molecule has 0 radical (unpaired) electrons. The Morgan fingerprint density at radius 3 is 2.30 bits per heavy atom. The molecule has 194 valence electrons. The van der Waals surface area contributed by atoms with Gasteiger partial charge in [-0.1, -0.05) is 29.8 Å². The summed E-state index contributed by atoms with van der Waals surface area (Å²) in [7, 11) is 4.53. The lowest BCUT2D eigenvalue weighted by Gasteiger charge is -2.13. The van der Waals surface area contributed by atoms with Crippen LogP contribution in [0.3, 0.4) is 0 Å². The molecule has 0 atom stereocenters. The van der Waals surface area contributed by atoms with Crippen LogP contribution in [0.25, 0.3) is 0 Å². The zero-order chi connectivity index (χ0) is 26.8. The van der Waals surface area contributed by atoms with Crippen LogP contribution in [0.1, 0.15) is 27.0 Å². The SMILES string of the molecule is COc1ccc(C(=O)NCC(=O)N/N=C/c2cc(Br)c(OCc3ccc(C)cc3)c(OC)c2)cc1OC. The molecule has 0 heterocycles. The van der Waals surface area contributed by atoms with Gasteiger partial charge >= 0.3 is 0 Å². The van der Waals surface area contributed by atoms with Crippen molar-refractivity contribution in [3.63, 3.8) is 0 Å². The van der Waals surface area contributed by atoms with Crippen LogP contribution in [0.2, 0.25) is 0 Å². The largest absolute Gasteiger partial charge is 0.493 e. The third-order valence-corrected chi connectivity index (χ3v) is 5.80. The summed E-state index contributed by atoms with van der Waals surface area (Å²) >= 11 is 3.51. The van der Waals surface area contributed by atoms with Crippen LogP contribution in [0.4, 0.5) is 0 Å². The zero-order valence-electron chi connectivity index (χ0n) is 21.0. The molecule has 0 bridgehead atoms. The van der Waals surface area contributed by atoms with Gasteiger partial charge in [-0.05, 0) is 64.3 Å². The predicted octanol–water partition coefficient (Wildman–Crippen LogP) is 4.24. The fourth-order valence-electron chi connectivity index (χ4n) is 3.25. The van der Waals surface area contributed by atoms with Crippen LogP contribution in [0.15, 0.2) is 64.2 Å². The Morgan fingerprint density at radius 1 is 0.919 bits per heavy atom. The highest BCUT2D eigenvalue weighted by atomic mass is 79.9. The van der Waals surface area contributed by atoms with E-state index < -0.39 is 11.8 Å². The van der Waals surface area contributed by atoms with E-state index in [4.69, 9.17) is 18.9 Å². The zero-order valence-corrected chi connectivity index (χ0v) is 22.5. The second-order valence-corrected chi connectivity index (χ2v) is 8.71. The molecule has 0 spiro atoms. The number of hydrazone groups is 1. The van der Waals surface area contributed by atoms with E-state index in [1.807, 2.05) is 31.2 Å². The van der Waals surface area contributed by atoms with E-state index in [1.54, 1.807) is 31.4 Å². The first-order chi connectivity index (χ1) is 17.8. The number of aryl methyl sites for hydroxylation is 1. The van der Waals surface area contributed by atoms with Crippen molar-refractivity contribution in [3.8, 4) is 23.0 Å². The molecule has 2 amide bonds. The van der Waals surface area contributed by atoms with Gasteiger partial charge in [0.2, 0.25) is 0 Å². The van der Waals surface area contributed by atoms with Crippen LogP contribution in [-0.4, -0.2) is 45.9 Å². The number of hydrogen-bond donors (Lipinski definition) is 2. The summed E-state index contributed by atoms with van der Waals surface area (Å²) in [6.45, 7) is 2.15. The van der Waals surface area contributed by atoms with Gasteiger partial charge in [0.1, 0.15) is 6.61 Å². The minimum absolute atomic E-state index is 0.261. The van der Waals surface area contributed by atoms with Crippen LogP contribution in [0, 0.1) is 6.92 Å². The number of amides is 2. The van der Waals surface area contributed by atoms with E-state index >= 15 is 0 Å². The molecular formula is C27H28BrN3O6. The monoisotopic (exact) mass is 569 g/mol. The Balaban J connectivity index is 1.55. The molecule has 0 fully saturated rings. The van der Waals surface area contributed by atoms with Crippen molar-refractivity contribution < 1.29 is 28.5 Å². The Kier molecular flexibility index (Phi) is 9.91. The fraction of sp³-hybridized carbons (Fsp3) is 0.222. The second-order valence-electron chi connectivity index (χ2n) is 7.85. The van der Waals surface area contributed by atoms with E-state index in [0.29, 0.717) is 45.2 Å². The average molecular weight is 570 g/mol. The summed E-state index contributed by atoms with van der Waals surface area (Å²) in [6, 6.07) is 16.3. The molecule has 37 heavy (non-hydrogen) atoms. The Hall–Kier alpha value is -4.05. The lowest BCUT2D eigenvalue weighted by Crippen LogP contribution is -2.34. The Labute approximate surface area is 223 Å². The maximum absolute atomic E-state index is 12.4. The van der Waals surface area contributed by atoms with Gasteiger partial charge < -0.3 is 24.3 Å². The van der Waals surface area contributed by atoms with Gasteiger partial charge in [-0.25, -0.2) is 5.43 Å². The van der Waals surface area contributed by atoms with E-state index in [0.717, 1.165) is 5.56 Å². The van der Waals surface area contributed by atoms with Gasteiger partial charge in [0.05, 0.1) is 38.6 Å². The second kappa shape index (κ2) is 13.3. The first-order valence-electron chi connectivity index (χ1n) is 11.2. The molecule has 3 aromatic carbocycles. The quantitative estimate of drug-likeness (QED) is 0.264. The molecule has 10 heteroatoms. The maximum atomic E-state index is 12.4. The normalized spacial score (nSPS) is 10.6. The first-order valence-corrected chi connectivity index (χ1v) is 12.0. The predicted molar refractivity (Wildman–Crippen MR) is 144 cm³/mol. The minimum Gasteiger partial charge on any atom is -0.493 e. The van der Waals surface area contributed by atoms with E-state index in [1.165, 1.54) is 32.1 Å². The molecule has 0 aliphatic heterocycles. The number of rotatable bonds is 11. The molecule has 9 nitrogen and oxygen atoms in total. The number of nitrogens with one attached hydrogen (secondary N) is 2. The van der Waals surface area contributed by atoms with Crippen LogP contribution in [-0.2, 0) is 11.4 Å². The van der Waals surface area contributed by atoms with Crippen molar-refractivity contribution in [3.05, 3.63) is 81.3 Å². The molecule has 3 rings (SSSR count). The van der Waals surface area contributed by atoms with Gasteiger partial charge in [0, 0.05) is 5.56 Å². The highest BCUT2D eigenvalue weighted by Gasteiger charge is 2.13. The standard InChI is InChI=1S/C27H28BrN3O6/c1-17-5-7-18(8-6-17)16-37-26-21(28)11-19(12-24(26)36-4)14-30-31-25(32)15-29-27(33)20-9-10-22(34-2)23(13-20)35-3/h5-14H,15-16H2,1-4H3,(H,29,33)(H,31,32)/b30-14+. The van der Waals surface area contributed by atoms with Crippen molar-refractivity contribution in [1.29, 1.82) is 0 Å². The topological polar surface area (TPSA) is 107 Å². The molecule has 3 aromatic rings. The summed E-state index contributed by atoms with van der Waals surface area (Å²) < 4.78 is 22.5. The highest BCUT2D eigenvalue weighted by molar-refractivity contribution is 9.10. The van der Waals surface area contributed by atoms with Gasteiger partial charge in [-0.2, -0.15) is 5.10 Å². The molecule has 0 unspecified atom stereocenters. The third-order valence-electron chi connectivity index (χ3n) is 5.21. The molecular weight excluding hydrogens is 542 g/mol. The summed E-state index contributed by atoms with van der Waals surface area (Å²) in [5.41, 5.74) is 5.59. The lowest BCUT2D eigenvalue weighted by molar-refractivity contribution is -0.120. The number of carbonyl (C=O) groups is 2. The fourth-order valence-corrected chi connectivity index (χ4v) is 3.83. The Bertz CT molecular complexity index is 1280. The van der Waals surface area contributed by atoms with E-state index in [9.17, 15) is 9.59 Å². The van der Waals surface area contributed by atoms with E-state index in [2.05, 4.69) is 31.8 Å². The van der Waals surface area contributed by atoms with Crippen LogP contribution >= 0.6 is 15.9 Å². The summed E-state index contributed by atoms with van der Waals surface area (Å²) in [6.07, 6.45) is 1.46. The summed E-state index contributed by atoms with van der Waals surface area (Å²) in [5.74, 6) is 1.06.